The number of nitrogens with two attached hydrogens (primary N) is 1. The summed E-state index contributed by atoms with van der Waals surface area (Å²) in [5, 5.41) is 4.00. The third-order valence-corrected chi connectivity index (χ3v) is 4.81. The molecule has 1 aliphatic rings. The van der Waals surface area contributed by atoms with Crippen molar-refractivity contribution in [3.8, 4) is 0 Å². The number of nitrogens with one attached hydrogen (secondary N) is 1. The number of hydrogen-bond acceptors (Lipinski definition) is 3. The topological polar surface area (TPSA) is 58.4 Å². The van der Waals surface area contributed by atoms with E-state index < -0.39 is 6.04 Å². The van der Waals surface area contributed by atoms with Crippen molar-refractivity contribution in [2.75, 3.05) is 24.1 Å². The first kappa shape index (κ1) is 16.9. The molecule has 3 N–H and O–H groups in total. The van der Waals surface area contributed by atoms with Gasteiger partial charge in [0.2, 0.25) is 5.91 Å². The van der Waals surface area contributed by atoms with Gasteiger partial charge in [0.1, 0.15) is 6.04 Å². The average Bonchev–Trinajstić information content (AvgIpc) is 3.12. The van der Waals surface area contributed by atoms with Crippen molar-refractivity contribution in [1.82, 2.24) is 4.90 Å². The Morgan fingerprint density at radius 3 is 2.25 bits per heavy atom. The number of anilines is 2. The van der Waals surface area contributed by atoms with Gasteiger partial charge in [-0.05, 0) is 30.5 Å². The highest BCUT2D eigenvalue weighted by Crippen LogP contribution is 2.33. The van der Waals surface area contributed by atoms with Gasteiger partial charge in [-0.1, -0.05) is 53.5 Å². The summed E-state index contributed by atoms with van der Waals surface area (Å²) in [5.41, 5.74) is 7.69. The zero-order chi connectivity index (χ0) is 17.1. The monoisotopic (exact) mass is 363 g/mol. The molecule has 1 atom stereocenters. The zero-order valence-electron chi connectivity index (χ0n) is 13.1. The molecule has 3 rings (SSSR count). The summed E-state index contributed by atoms with van der Waals surface area (Å²) in [5.74, 6) is 0.0581. The van der Waals surface area contributed by atoms with E-state index in [1.807, 2.05) is 35.2 Å². The maximum Gasteiger partial charge on any atom is 0.249 e. The number of nitrogens with zero attached hydrogens (tertiary/aromatic N) is 1. The van der Waals surface area contributed by atoms with Crippen LogP contribution in [0.5, 0.6) is 0 Å². The van der Waals surface area contributed by atoms with E-state index in [0.717, 1.165) is 31.5 Å². The number of benzene rings is 2. The molecule has 1 saturated heterocycles. The van der Waals surface area contributed by atoms with Gasteiger partial charge in [-0.15, -0.1) is 0 Å². The molecular weight excluding hydrogens is 345 g/mol. The second-order valence-electron chi connectivity index (χ2n) is 5.87. The molecule has 2 aromatic rings. The van der Waals surface area contributed by atoms with Crippen molar-refractivity contribution < 1.29 is 4.79 Å². The van der Waals surface area contributed by atoms with Crippen LogP contribution in [0.3, 0.4) is 0 Å². The molecule has 1 heterocycles. The minimum absolute atomic E-state index is 0.0581. The molecule has 1 unspecified atom stereocenters. The van der Waals surface area contributed by atoms with Crippen LogP contribution in [0.2, 0.25) is 10.0 Å². The summed E-state index contributed by atoms with van der Waals surface area (Å²) in [6, 6.07) is 12.5. The van der Waals surface area contributed by atoms with Crippen LogP contribution in [0.15, 0.2) is 42.5 Å². The maximum absolute atomic E-state index is 13.0. The van der Waals surface area contributed by atoms with Crippen molar-refractivity contribution in [2.45, 2.75) is 18.9 Å². The number of hydrogen-bond donors (Lipinski definition) is 2. The van der Waals surface area contributed by atoms with Gasteiger partial charge in [-0.2, -0.15) is 0 Å². The van der Waals surface area contributed by atoms with Gasteiger partial charge in [-0.3, -0.25) is 4.79 Å². The summed E-state index contributed by atoms with van der Waals surface area (Å²) in [7, 11) is 0. The number of halogens is 2. The first-order chi connectivity index (χ1) is 11.6. The molecule has 1 aliphatic heterocycles. The Morgan fingerprint density at radius 2 is 1.67 bits per heavy atom. The van der Waals surface area contributed by atoms with Crippen LogP contribution in [0.4, 0.5) is 11.4 Å². The van der Waals surface area contributed by atoms with E-state index >= 15 is 0 Å². The quantitative estimate of drug-likeness (QED) is 0.793. The molecule has 1 amide bonds. The number of nitrogen functional groups attached to an aromatic ring is 1. The van der Waals surface area contributed by atoms with E-state index in [1.165, 1.54) is 0 Å². The first-order valence-electron chi connectivity index (χ1n) is 7.91. The van der Waals surface area contributed by atoms with Gasteiger partial charge in [0, 0.05) is 18.8 Å². The standard InChI is InChI=1S/C18H19Cl2N3O/c19-14-10-13(11-15(20)16(14)21)22-17(12-6-2-1-3-7-12)18(24)23-8-4-5-9-23/h1-3,6-7,10-11,17,22H,4-5,8-9,21H2. The second-order valence-corrected chi connectivity index (χ2v) is 6.69. The van der Waals surface area contributed by atoms with Gasteiger partial charge in [0.25, 0.3) is 0 Å². The van der Waals surface area contributed by atoms with E-state index in [2.05, 4.69) is 5.32 Å². The highest BCUT2D eigenvalue weighted by molar-refractivity contribution is 6.39. The molecular formula is C18H19Cl2N3O. The molecule has 0 radical (unpaired) electrons. The molecule has 6 heteroatoms. The van der Waals surface area contributed by atoms with Crippen molar-refractivity contribution >= 4 is 40.5 Å². The largest absolute Gasteiger partial charge is 0.396 e. The lowest BCUT2D eigenvalue weighted by Gasteiger charge is -2.25. The van der Waals surface area contributed by atoms with E-state index in [-0.39, 0.29) is 5.91 Å². The highest BCUT2D eigenvalue weighted by atomic mass is 35.5. The number of rotatable bonds is 4. The molecule has 1 fully saturated rings. The fourth-order valence-corrected chi connectivity index (χ4v) is 3.37. The summed E-state index contributed by atoms with van der Waals surface area (Å²) in [6.07, 6.45) is 2.10. The molecule has 0 aliphatic carbocycles. The fraction of sp³-hybridized carbons (Fsp3) is 0.278. The highest BCUT2D eigenvalue weighted by Gasteiger charge is 2.28. The predicted octanol–water partition coefficient (Wildman–Crippen LogP) is 4.35. The lowest BCUT2D eigenvalue weighted by molar-refractivity contribution is -0.131. The summed E-state index contributed by atoms with van der Waals surface area (Å²) in [4.78, 5) is 14.9. The minimum Gasteiger partial charge on any atom is -0.396 e. The number of carbonyl (C=O) groups excluding carboxylic acids is 1. The Hall–Kier alpha value is -1.91. The van der Waals surface area contributed by atoms with Crippen molar-refractivity contribution in [2.24, 2.45) is 0 Å². The summed E-state index contributed by atoms with van der Waals surface area (Å²) >= 11 is 12.2. The molecule has 4 nitrogen and oxygen atoms in total. The van der Waals surface area contributed by atoms with Crippen LogP contribution in [0.25, 0.3) is 0 Å². The zero-order valence-corrected chi connectivity index (χ0v) is 14.6. The Labute approximate surface area is 151 Å². The van der Waals surface area contributed by atoms with Crippen molar-refractivity contribution in [1.29, 1.82) is 0 Å². The molecule has 0 spiro atoms. The maximum atomic E-state index is 13.0. The molecule has 24 heavy (non-hydrogen) atoms. The SMILES string of the molecule is Nc1c(Cl)cc(NC(C(=O)N2CCCC2)c2ccccc2)cc1Cl. The lowest BCUT2D eigenvalue weighted by Crippen LogP contribution is -2.36. The van der Waals surface area contributed by atoms with Crippen LogP contribution in [0.1, 0.15) is 24.4 Å². The van der Waals surface area contributed by atoms with E-state index in [4.69, 9.17) is 28.9 Å². The molecule has 0 saturated carbocycles. The normalized spacial score (nSPS) is 15.3. The van der Waals surface area contributed by atoms with Gasteiger partial charge in [0.05, 0.1) is 15.7 Å². The molecule has 0 bridgehead atoms. The molecule has 126 valence electrons. The van der Waals surface area contributed by atoms with Crippen LogP contribution in [0, 0.1) is 0 Å². The van der Waals surface area contributed by atoms with Gasteiger partial charge in [0.15, 0.2) is 0 Å². The van der Waals surface area contributed by atoms with Crippen molar-refractivity contribution in [3.05, 3.63) is 58.1 Å². The predicted molar refractivity (Wildman–Crippen MR) is 99.5 cm³/mol. The first-order valence-corrected chi connectivity index (χ1v) is 8.66. The van der Waals surface area contributed by atoms with E-state index in [9.17, 15) is 4.79 Å². The lowest BCUT2D eigenvalue weighted by atomic mass is 10.0. The summed E-state index contributed by atoms with van der Waals surface area (Å²) in [6.45, 7) is 1.60. The van der Waals surface area contributed by atoms with Crippen molar-refractivity contribution in [3.63, 3.8) is 0 Å². The Balaban J connectivity index is 1.91. The number of amides is 1. The van der Waals surface area contributed by atoms with Gasteiger partial charge >= 0.3 is 0 Å². The average molecular weight is 364 g/mol. The number of likely N-dealkylation sites (tertiary alicyclic amines) is 1. The third-order valence-electron chi connectivity index (χ3n) is 4.19. The molecule has 2 aromatic carbocycles. The van der Waals surface area contributed by atoms with Gasteiger partial charge in [-0.25, -0.2) is 0 Å². The number of carbonyl (C=O) groups is 1. The Morgan fingerprint density at radius 1 is 1.08 bits per heavy atom. The smallest absolute Gasteiger partial charge is 0.249 e. The second kappa shape index (κ2) is 7.32. The minimum atomic E-state index is -0.486. The van der Waals surface area contributed by atoms with E-state index in [0.29, 0.717) is 21.4 Å². The fourth-order valence-electron chi connectivity index (χ4n) is 2.89. The van der Waals surface area contributed by atoms with Crippen LogP contribution < -0.4 is 11.1 Å². The van der Waals surface area contributed by atoms with Crippen LogP contribution in [-0.4, -0.2) is 23.9 Å². The molecule has 0 aromatic heterocycles. The van der Waals surface area contributed by atoms with Gasteiger partial charge < -0.3 is 16.0 Å². The third kappa shape index (κ3) is 3.60. The van der Waals surface area contributed by atoms with Crippen LogP contribution in [-0.2, 0) is 4.79 Å². The van der Waals surface area contributed by atoms with E-state index in [1.54, 1.807) is 12.1 Å². The van der Waals surface area contributed by atoms with Crippen LogP contribution >= 0.6 is 23.2 Å². The summed E-state index contributed by atoms with van der Waals surface area (Å²) < 4.78 is 0. The Bertz CT molecular complexity index is 707. The Kier molecular flexibility index (Phi) is 5.17.